The van der Waals surface area contributed by atoms with Gasteiger partial charge in [0.05, 0.1) is 11.6 Å². The van der Waals surface area contributed by atoms with Crippen molar-refractivity contribution < 1.29 is 4.79 Å². The zero-order valence-electron chi connectivity index (χ0n) is 9.60. The van der Waals surface area contributed by atoms with Crippen molar-refractivity contribution in [1.29, 1.82) is 0 Å². The van der Waals surface area contributed by atoms with E-state index in [4.69, 9.17) is 0 Å². The summed E-state index contributed by atoms with van der Waals surface area (Å²) >= 11 is 0. The minimum Gasteiger partial charge on any atom is -0.323 e. The van der Waals surface area contributed by atoms with Crippen LogP contribution in [0.15, 0.2) is 36.7 Å². The van der Waals surface area contributed by atoms with Crippen LogP contribution in [0.5, 0.6) is 0 Å². The minimum atomic E-state index is -0.133. The highest BCUT2D eigenvalue weighted by atomic mass is 16.1. The summed E-state index contributed by atoms with van der Waals surface area (Å²) in [4.78, 5) is 12.2. The Bertz CT molecular complexity index is 501. The fourth-order valence-electron chi connectivity index (χ4n) is 1.91. The number of aromatic nitrogens is 1. The van der Waals surface area contributed by atoms with Gasteiger partial charge in [0.25, 0.3) is 0 Å². The van der Waals surface area contributed by atoms with Crippen molar-refractivity contribution in [3.05, 3.63) is 42.2 Å². The van der Waals surface area contributed by atoms with E-state index in [0.717, 1.165) is 17.6 Å². The minimum absolute atomic E-state index is 0.133. The van der Waals surface area contributed by atoms with Gasteiger partial charge < -0.3 is 9.72 Å². The molecule has 0 radical (unpaired) electrons. The van der Waals surface area contributed by atoms with Crippen molar-refractivity contribution in [2.24, 2.45) is 0 Å². The summed E-state index contributed by atoms with van der Waals surface area (Å²) in [5.74, 6) is 0.145. The van der Waals surface area contributed by atoms with Gasteiger partial charge in [-0.15, -0.1) is 0 Å². The Labute approximate surface area is 95.1 Å². The molecular formula is C13H16N2O. The fourth-order valence-corrected chi connectivity index (χ4v) is 1.91. The first-order chi connectivity index (χ1) is 7.74. The van der Waals surface area contributed by atoms with Crippen molar-refractivity contribution in [2.75, 3.05) is 6.54 Å². The van der Waals surface area contributed by atoms with Gasteiger partial charge in [0.2, 0.25) is 0 Å². The van der Waals surface area contributed by atoms with Gasteiger partial charge in [-0.3, -0.25) is 4.79 Å². The number of likely N-dealkylation sites (N-methyl/N-ethyl adjacent to an activating group) is 1. The van der Waals surface area contributed by atoms with Gasteiger partial charge in [-0.25, -0.2) is 0 Å². The molecule has 0 aliphatic rings. The number of nitrogens with one attached hydrogen (secondary N) is 1. The molecule has 1 N–H and O–H groups in total. The number of carbonyl (C=O) groups excluding carboxylic acids is 1. The van der Waals surface area contributed by atoms with Gasteiger partial charge in [-0.1, -0.05) is 6.92 Å². The van der Waals surface area contributed by atoms with Crippen LogP contribution in [0.3, 0.4) is 0 Å². The van der Waals surface area contributed by atoms with Crippen LogP contribution < -0.4 is 5.32 Å². The molecule has 3 nitrogen and oxygen atoms in total. The Hall–Kier alpha value is -1.61. The molecule has 2 aromatic heterocycles. The first kappa shape index (κ1) is 10.9. The molecule has 1 unspecified atom stereocenters. The van der Waals surface area contributed by atoms with Crippen LogP contribution in [0, 0.1) is 0 Å². The SMILES string of the molecule is CCNC(C)C(=O)c1cccn2cccc12. The molecule has 0 aromatic carbocycles. The summed E-state index contributed by atoms with van der Waals surface area (Å²) in [6.07, 6.45) is 3.90. The predicted molar refractivity (Wildman–Crippen MR) is 64.9 cm³/mol. The average Bonchev–Trinajstić information content (AvgIpc) is 2.76. The number of carbonyl (C=O) groups is 1. The third kappa shape index (κ3) is 1.86. The molecule has 84 valence electrons. The first-order valence-electron chi connectivity index (χ1n) is 5.57. The molecule has 0 aliphatic heterocycles. The lowest BCUT2D eigenvalue weighted by molar-refractivity contribution is 0.0953. The van der Waals surface area contributed by atoms with E-state index in [-0.39, 0.29) is 11.8 Å². The molecule has 0 spiro atoms. The van der Waals surface area contributed by atoms with Crippen molar-refractivity contribution in [2.45, 2.75) is 19.9 Å². The maximum atomic E-state index is 12.2. The van der Waals surface area contributed by atoms with E-state index in [1.54, 1.807) is 0 Å². The van der Waals surface area contributed by atoms with Crippen molar-refractivity contribution >= 4 is 11.3 Å². The lowest BCUT2D eigenvalue weighted by Crippen LogP contribution is -2.33. The molecule has 0 saturated carbocycles. The lowest BCUT2D eigenvalue weighted by Gasteiger charge is -2.12. The van der Waals surface area contributed by atoms with Gasteiger partial charge in [-0.05, 0) is 37.7 Å². The Morgan fingerprint density at radius 1 is 1.38 bits per heavy atom. The molecule has 0 saturated heterocycles. The van der Waals surface area contributed by atoms with E-state index in [0.29, 0.717) is 0 Å². The van der Waals surface area contributed by atoms with Crippen LogP contribution >= 0.6 is 0 Å². The summed E-state index contributed by atoms with van der Waals surface area (Å²) in [6, 6.07) is 7.56. The quantitative estimate of drug-likeness (QED) is 0.794. The van der Waals surface area contributed by atoms with Gasteiger partial charge in [0, 0.05) is 18.0 Å². The van der Waals surface area contributed by atoms with E-state index in [1.807, 2.05) is 54.9 Å². The largest absolute Gasteiger partial charge is 0.323 e. The third-order valence-electron chi connectivity index (χ3n) is 2.73. The molecular weight excluding hydrogens is 200 g/mol. The molecule has 3 heteroatoms. The van der Waals surface area contributed by atoms with Crippen LogP contribution in [0.2, 0.25) is 0 Å². The second kappa shape index (κ2) is 4.49. The highest BCUT2D eigenvalue weighted by molar-refractivity contribution is 6.05. The van der Waals surface area contributed by atoms with Crippen LogP contribution in [-0.4, -0.2) is 22.8 Å². The molecule has 2 aromatic rings. The van der Waals surface area contributed by atoms with Gasteiger partial charge in [0.1, 0.15) is 0 Å². The smallest absolute Gasteiger partial charge is 0.181 e. The summed E-state index contributed by atoms with van der Waals surface area (Å²) in [5.41, 5.74) is 1.75. The number of pyridine rings is 1. The Morgan fingerprint density at radius 2 is 2.06 bits per heavy atom. The van der Waals surface area contributed by atoms with Crippen LogP contribution in [0.4, 0.5) is 0 Å². The summed E-state index contributed by atoms with van der Waals surface area (Å²) in [5, 5.41) is 3.14. The van der Waals surface area contributed by atoms with Crippen LogP contribution in [0.25, 0.3) is 5.52 Å². The molecule has 1 atom stereocenters. The third-order valence-corrected chi connectivity index (χ3v) is 2.73. The first-order valence-corrected chi connectivity index (χ1v) is 5.57. The van der Waals surface area contributed by atoms with Crippen molar-refractivity contribution in [3.63, 3.8) is 0 Å². The lowest BCUT2D eigenvalue weighted by atomic mass is 10.1. The number of Topliss-reactive ketones (excluding diaryl/α,β-unsaturated/α-hetero) is 1. The normalized spacial score (nSPS) is 12.9. The molecule has 16 heavy (non-hydrogen) atoms. The van der Waals surface area contributed by atoms with E-state index in [2.05, 4.69) is 5.32 Å². The molecule has 0 amide bonds. The second-order valence-electron chi connectivity index (χ2n) is 3.87. The number of hydrogen-bond acceptors (Lipinski definition) is 2. The van der Waals surface area contributed by atoms with Gasteiger partial charge >= 0.3 is 0 Å². The maximum absolute atomic E-state index is 12.2. The fraction of sp³-hybridized carbons (Fsp3) is 0.308. The number of rotatable bonds is 4. The Morgan fingerprint density at radius 3 is 2.75 bits per heavy atom. The van der Waals surface area contributed by atoms with Crippen molar-refractivity contribution in [3.8, 4) is 0 Å². The van der Waals surface area contributed by atoms with Crippen LogP contribution in [-0.2, 0) is 0 Å². The zero-order valence-corrected chi connectivity index (χ0v) is 9.60. The van der Waals surface area contributed by atoms with Gasteiger partial charge in [-0.2, -0.15) is 0 Å². The molecule has 0 aliphatic carbocycles. The molecule has 0 bridgehead atoms. The van der Waals surface area contributed by atoms with Crippen molar-refractivity contribution in [1.82, 2.24) is 9.72 Å². The maximum Gasteiger partial charge on any atom is 0.181 e. The standard InChI is InChI=1S/C13H16N2O/c1-3-14-10(2)13(16)11-6-4-8-15-9-5-7-12(11)15/h4-10,14H,3H2,1-2H3. The highest BCUT2D eigenvalue weighted by Gasteiger charge is 2.16. The average molecular weight is 216 g/mol. The molecule has 0 fully saturated rings. The number of ketones is 1. The van der Waals surface area contributed by atoms with E-state index < -0.39 is 0 Å². The topological polar surface area (TPSA) is 33.5 Å². The summed E-state index contributed by atoms with van der Waals surface area (Å²) < 4.78 is 1.96. The second-order valence-corrected chi connectivity index (χ2v) is 3.87. The van der Waals surface area contributed by atoms with Crippen LogP contribution in [0.1, 0.15) is 24.2 Å². The van der Waals surface area contributed by atoms with E-state index in [9.17, 15) is 4.79 Å². The van der Waals surface area contributed by atoms with Gasteiger partial charge in [0.15, 0.2) is 5.78 Å². The molecule has 2 heterocycles. The van der Waals surface area contributed by atoms with E-state index >= 15 is 0 Å². The molecule has 2 rings (SSSR count). The van der Waals surface area contributed by atoms with E-state index in [1.165, 1.54) is 0 Å². The zero-order chi connectivity index (χ0) is 11.5. The Balaban J connectivity index is 2.39. The monoisotopic (exact) mass is 216 g/mol. The highest BCUT2D eigenvalue weighted by Crippen LogP contribution is 2.13. The predicted octanol–water partition coefficient (Wildman–Crippen LogP) is 2.12. The number of fused-ring (bicyclic) bond motifs is 1. The summed E-state index contributed by atoms with van der Waals surface area (Å²) in [7, 11) is 0. The number of nitrogens with zero attached hydrogens (tertiary/aromatic N) is 1. The summed E-state index contributed by atoms with van der Waals surface area (Å²) in [6.45, 7) is 4.71. The number of hydrogen-bond donors (Lipinski definition) is 1. The Kier molecular flexibility index (Phi) is 3.06.